The van der Waals surface area contributed by atoms with Crippen LogP contribution in [0, 0.1) is 6.92 Å². The summed E-state index contributed by atoms with van der Waals surface area (Å²) >= 11 is 5.96. The van der Waals surface area contributed by atoms with E-state index in [1.807, 2.05) is 26.8 Å². The number of rotatable bonds is 3. The molecule has 4 nitrogen and oxygen atoms in total. The molecule has 0 atom stereocenters. The van der Waals surface area contributed by atoms with Gasteiger partial charge in [-0.1, -0.05) is 25.4 Å². The SMILES string of the molecule is Cc1cc(-c2nc(C(C)C)c(C(=O)O)o2)ccc1Cl. The van der Waals surface area contributed by atoms with Crippen molar-refractivity contribution in [2.45, 2.75) is 26.7 Å². The number of aromatic nitrogens is 1. The molecule has 1 heterocycles. The number of oxazole rings is 1. The van der Waals surface area contributed by atoms with Crippen molar-refractivity contribution in [1.82, 2.24) is 4.98 Å². The minimum Gasteiger partial charge on any atom is -0.475 e. The van der Waals surface area contributed by atoms with E-state index in [2.05, 4.69) is 4.98 Å². The van der Waals surface area contributed by atoms with Crippen molar-refractivity contribution in [2.24, 2.45) is 0 Å². The minimum atomic E-state index is -1.10. The summed E-state index contributed by atoms with van der Waals surface area (Å²) in [6.45, 7) is 5.62. The Kier molecular flexibility index (Phi) is 3.62. The molecular weight excluding hydrogens is 266 g/mol. The Balaban J connectivity index is 2.54. The molecule has 0 saturated heterocycles. The number of hydrogen-bond acceptors (Lipinski definition) is 3. The number of nitrogens with zero attached hydrogens (tertiary/aromatic N) is 1. The number of benzene rings is 1. The van der Waals surface area contributed by atoms with Crippen LogP contribution >= 0.6 is 11.6 Å². The molecule has 0 aliphatic rings. The lowest BCUT2D eigenvalue weighted by atomic mass is 10.1. The Bertz CT molecular complexity index is 632. The summed E-state index contributed by atoms with van der Waals surface area (Å²) in [5.41, 5.74) is 2.06. The number of halogens is 1. The molecule has 1 aromatic carbocycles. The van der Waals surface area contributed by atoms with E-state index < -0.39 is 5.97 Å². The highest BCUT2D eigenvalue weighted by molar-refractivity contribution is 6.31. The average molecular weight is 280 g/mol. The van der Waals surface area contributed by atoms with Crippen molar-refractivity contribution >= 4 is 17.6 Å². The highest BCUT2D eigenvalue weighted by Gasteiger charge is 2.22. The van der Waals surface area contributed by atoms with Crippen LogP contribution in [0.4, 0.5) is 0 Å². The molecule has 19 heavy (non-hydrogen) atoms. The number of aromatic carboxylic acids is 1. The molecule has 5 heteroatoms. The fourth-order valence-electron chi connectivity index (χ4n) is 1.78. The summed E-state index contributed by atoms with van der Waals surface area (Å²) in [6.07, 6.45) is 0. The first-order valence-corrected chi connectivity index (χ1v) is 6.28. The number of carbonyl (C=O) groups is 1. The van der Waals surface area contributed by atoms with Crippen LogP contribution < -0.4 is 0 Å². The van der Waals surface area contributed by atoms with E-state index in [0.29, 0.717) is 16.6 Å². The lowest BCUT2D eigenvalue weighted by molar-refractivity contribution is 0.0661. The topological polar surface area (TPSA) is 63.3 Å². The molecule has 2 aromatic rings. The van der Waals surface area contributed by atoms with Crippen LogP contribution in [0.25, 0.3) is 11.5 Å². The highest BCUT2D eigenvalue weighted by atomic mass is 35.5. The van der Waals surface area contributed by atoms with Gasteiger partial charge in [-0.3, -0.25) is 0 Å². The summed E-state index contributed by atoms with van der Waals surface area (Å²) in [7, 11) is 0. The van der Waals surface area contributed by atoms with E-state index in [9.17, 15) is 4.79 Å². The van der Waals surface area contributed by atoms with Gasteiger partial charge in [0, 0.05) is 10.6 Å². The van der Waals surface area contributed by atoms with Gasteiger partial charge in [-0.25, -0.2) is 9.78 Å². The largest absolute Gasteiger partial charge is 0.475 e. The number of hydrogen-bond donors (Lipinski definition) is 1. The molecular formula is C14H14ClNO3. The number of carboxylic acids is 1. The van der Waals surface area contributed by atoms with E-state index in [0.717, 1.165) is 11.1 Å². The lowest BCUT2D eigenvalue weighted by Gasteiger charge is -2.00. The van der Waals surface area contributed by atoms with Gasteiger partial charge in [0.25, 0.3) is 0 Å². The Labute approximate surface area is 116 Å². The van der Waals surface area contributed by atoms with Gasteiger partial charge in [-0.05, 0) is 36.6 Å². The second-order valence-corrected chi connectivity index (χ2v) is 5.06. The molecule has 0 unspecified atom stereocenters. The smallest absolute Gasteiger partial charge is 0.373 e. The van der Waals surface area contributed by atoms with Crippen molar-refractivity contribution in [3.05, 3.63) is 40.2 Å². The first-order valence-electron chi connectivity index (χ1n) is 5.90. The molecule has 0 saturated carbocycles. The molecule has 1 aromatic heterocycles. The van der Waals surface area contributed by atoms with Crippen molar-refractivity contribution in [3.8, 4) is 11.5 Å². The number of carboxylic acid groups (broad SMARTS) is 1. The molecule has 0 aliphatic heterocycles. The summed E-state index contributed by atoms with van der Waals surface area (Å²) in [5.74, 6) is -0.913. The van der Waals surface area contributed by atoms with Crippen molar-refractivity contribution in [3.63, 3.8) is 0 Å². The molecule has 0 amide bonds. The second kappa shape index (κ2) is 5.05. The second-order valence-electron chi connectivity index (χ2n) is 4.66. The van der Waals surface area contributed by atoms with Gasteiger partial charge in [0.2, 0.25) is 11.7 Å². The van der Waals surface area contributed by atoms with E-state index in [-0.39, 0.29) is 11.7 Å². The summed E-state index contributed by atoms with van der Waals surface area (Å²) in [4.78, 5) is 15.4. The van der Waals surface area contributed by atoms with E-state index in [1.54, 1.807) is 12.1 Å². The fourth-order valence-corrected chi connectivity index (χ4v) is 1.90. The molecule has 0 fully saturated rings. The molecule has 2 rings (SSSR count). The predicted octanol–water partition coefficient (Wildman–Crippen LogP) is 4.13. The zero-order valence-corrected chi connectivity index (χ0v) is 11.7. The van der Waals surface area contributed by atoms with Gasteiger partial charge in [0.05, 0.1) is 5.69 Å². The fraction of sp³-hybridized carbons (Fsp3) is 0.286. The standard InChI is InChI=1S/C14H14ClNO3/c1-7(2)11-12(14(17)18)19-13(16-11)9-4-5-10(15)8(3)6-9/h4-7H,1-3H3,(H,17,18). The lowest BCUT2D eigenvalue weighted by Crippen LogP contribution is -2.01. The molecule has 0 bridgehead atoms. The Hall–Kier alpha value is -1.81. The van der Waals surface area contributed by atoms with Crippen molar-refractivity contribution in [2.75, 3.05) is 0 Å². The summed E-state index contributed by atoms with van der Waals surface area (Å²) in [5, 5.41) is 9.77. The van der Waals surface area contributed by atoms with E-state index >= 15 is 0 Å². The zero-order valence-electron chi connectivity index (χ0n) is 10.9. The van der Waals surface area contributed by atoms with Crippen LogP contribution in [0.1, 0.15) is 41.6 Å². The van der Waals surface area contributed by atoms with Gasteiger partial charge in [-0.15, -0.1) is 0 Å². The zero-order chi connectivity index (χ0) is 14.2. The maximum Gasteiger partial charge on any atom is 0.373 e. The van der Waals surface area contributed by atoms with Gasteiger partial charge >= 0.3 is 5.97 Å². The quantitative estimate of drug-likeness (QED) is 0.918. The van der Waals surface area contributed by atoms with Crippen LogP contribution in [-0.4, -0.2) is 16.1 Å². The molecule has 100 valence electrons. The van der Waals surface area contributed by atoms with Gasteiger partial charge in [-0.2, -0.15) is 0 Å². The predicted molar refractivity (Wildman–Crippen MR) is 72.7 cm³/mol. The van der Waals surface area contributed by atoms with Crippen LogP contribution in [-0.2, 0) is 0 Å². The Morgan fingerprint density at radius 2 is 2.11 bits per heavy atom. The number of aryl methyl sites for hydroxylation is 1. The highest BCUT2D eigenvalue weighted by Crippen LogP contribution is 2.28. The van der Waals surface area contributed by atoms with Crippen molar-refractivity contribution < 1.29 is 14.3 Å². The van der Waals surface area contributed by atoms with Gasteiger partial charge < -0.3 is 9.52 Å². The van der Waals surface area contributed by atoms with Gasteiger partial charge in [0.1, 0.15) is 0 Å². The molecule has 0 aliphatic carbocycles. The third-order valence-corrected chi connectivity index (χ3v) is 3.22. The normalized spacial score (nSPS) is 11.0. The van der Waals surface area contributed by atoms with Crippen molar-refractivity contribution in [1.29, 1.82) is 0 Å². The van der Waals surface area contributed by atoms with Crippen LogP contribution in [0.3, 0.4) is 0 Å². The first-order chi connectivity index (χ1) is 8.90. The monoisotopic (exact) mass is 279 g/mol. The van der Waals surface area contributed by atoms with Gasteiger partial charge in [0.15, 0.2) is 0 Å². The average Bonchev–Trinajstić information content (AvgIpc) is 2.78. The van der Waals surface area contributed by atoms with Crippen LogP contribution in [0.15, 0.2) is 22.6 Å². The molecule has 0 spiro atoms. The molecule has 0 radical (unpaired) electrons. The third-order valence-electron chi connectivity index (χ3n) is 2.80. The van der Waals surface area contributed by atoms with Crippen LogP contribution in [0.2, 0.25) is 5.02 Å². The third kappa shape index (κ3) is 2.63. The Morgan fingerprint density at radius 3 is 2.58 bits per heavy atom. The Morgan fingerprint density at radius 1 is 1.42 bits per heavy atom. The summed E-state index contributed by atoms with van der Waals surface area (Å²) < 4.78 is 5.36. The van der Waals surface area contributed by atoms with E-state index in [1.165, 1.54) is 0 Å². The maximum absolute atomic E-state index is 11.1. The first kappa shape index (κ1) is 13.6. The minimum absolute atomic E-state index is 0.0167. The molecule has 1 N–H and O–H groups in total. The maximum atomic E-state index is 11.1. The van der Waals surface area contributed by atoms with E-state index in [4.69, 9.17) is 21.1 Å². The summed E-state index contributed by atoms with van der Waals surface area (Å²) in [6, 6.07) is 5.33. The van der Waals surface area contributed by atoms with Crippen LogP contribution in [0.5, 0.6) is 0 Å².